The molecule has 5 nitrogen and oxygen atoms in total. The molecule has 0 aromatic rings. The average Bonchev–Trinajstić information content (AvgIpc) is 2.79. The van der Waals surface area contributed by atoms with E-state index in [4.69, 9.17) is 9.47 Å². The van der Waals surface area contributed by atoms with E-state index >= 15 is 0 Å². The van der Waals surface area contributed by atoms with Crippen molar-refractivity contribution in [1.29, 1.82) is 0 Å². The van der Waals surface area contributed by atoms with Gasteiger partial charge in [-0.1, -0.05) is 0 Å². The van der Waals surface area contributed by atoms with Gasteiger partial charge in [0.25, 0.3) is 0 Å². The van der Waals surface area contributed by atoms with Crippen LogP contribution in [0.5, 0.6) is 0 Å². The van der Waals surface area contributed by atoms with Crippen LogP contribution in [0.3, 0.4) is 0 Å². The highest BCUT2D eigenvalue weighted by Crippen LogP contribution is 2.19. The lowest BCUT2D eigenvalue weighted by Crippen LogP contribution is -2.35. The molecule has 74 valence electrons. The molecule has 2 atom stereocenters. The van der Waals surface area contributed by atoms with Gasteiger partial charge in [-0.25, -0.2) is 4.79 Å². The minimum Gasteiger partial charge on any atom is -0.441 e. The molecule has 1 saturated carbocycles. The van der Waals surface area contributed by atoms with Crippen LogP contribution in [0.2, 0.25) is 0 Å². The molecular formula is C8H13NO4. The number of nitrogens with one attached hydrogen (secondary N) is 1. The van der Waals surface area contributed by atoms with Gasteiger partial charge in [-0.15, -0.1) is 0 Å². The second kappa shape index (κ2) is 3.51. The zero-order valence-electron chi connectivity index (χ0n) is 7.23. The van der Waals surface area contributed by atoms with Crippen molar-refractivity contribution in [3.05, 3.63) is 0 Å². The van der Waals surface area contributed by atoms with E-state index in [9.17, 15) is 9.90 Å². The molecule has 1 heterocycles. The molecule has 1 aliphatic heterocycles. The highest BCUT2D eigenvalue weighted by Gasteiger charge is 2.31. The van der Waals surface area contributed by atoms with Crippen molar-refractivity contribution in [2.75, 3.05) is 13.2 Å². The van der Waals surface area contributed by atoms with Crippen LogP contribution in [-0.4, -0.2) is 42.7 Å². The van der Waals surface area contributed by atoms with Crippen molar-refractivity contribution in [3.63, 3.8) is 0 Å². The van der Waals surface area contributed by atoms with E-state index in [-0.39, 0.29) is 12.6 Å². The second-order valence-electron chi connectivity index (χ2n) is 3.47. The number of alkyl carbamates (subject to hydrolysis) is 1. The molecule has 0 aromatic carbocycles. The molecule has 2 fully saturated rings. The number of ether oxygens (including phenoxy) is 2. The van der Waals surface area contributed by atoms with Crippen molar-refractivity contribution >= 4 is 6.09 Å². The molecule has 1 saturated heterocycles. The van der Waals surface area contributed by atoms with Crippen molar-refractivity contribution in [3.8, 4) is 0 Å². The van der Waals surface area contributed by atoms with Crippen LogP contribution in [0, 0.1) is 0 Å². The molecule has 2 rings (SSSR count). The minimum absolute atomic E-state index is 0.251. The summed E-state index contributed by atoms with van der Waals surface area (Å²) in [6.45, 7) is 0.542. The van der Waals surface area contributed by atoms with Gasteiger partial charge in [0.15, 0.2) is 6.10 Å². The molecule has 5 heteroatoms. The SMILES string of the molecule is O=C(NC1CC1)O[C@H]1COC[C@@H]1O. The molecular weight excluding hydrogens is 174 g/mol. The first-order chi connectivity index (χ1) is 6.25. The summed E-state index contributed by atoms with van der Waals surface area (Å²) in [5.74, 6) is 0. The summed E-state index contributed by atoms with van der Waals surface area (Å²) in [5.41, 5.74) is 0. The summed E-state index contributed by atoms with van der Waals surface area (Å²) in [6, 6.07) is 0.284. The number of carbonyl (C=O) groups excluding carboxylic acids is 1. The Balaban J connectivity index is 1.72. The Labute approximate surface area is 76.0 Å². The van der Waals surface area contributed by atoms with Gasteiger partial charge in [0.2, 0.25) is 0 Å². The first-order valence-electron chi connectivity index (χ1n) is 4.48. The molecule has 0 spiro atoms. The number of hydrogen-bond acceptors (Lipinski definition) is 4. The van der Waals surface area contributed by atoms with Gasteiger partial charge in [-0.3, -0.25) is 0 Å². The number of carbonyl (C=O) groups is 1. The van der Waals surface area contributed by atoms with Crippen molar-refractivity contribution in [2.24, 2.45) is 0 Å². The summed E-state index contributed by atoms with van der Waals surface area (Å²) in [7, 11) is 0. The van der Waals surface area contributed by atoms with E-state index < -0.39 is 18.3 Å². The second-order valence-corrected chi connectivity index (χ2v) is 3.47. The average molecular weight is 187 g/mol. The smallest absolute Gasteiger partial charge is 0.407 e. The molecule has 0 unspecified atom stereocenters. The molecule has 13 heavy (non-hydrogen) atoms. The maximum absolute atomic E-state index is 11.1. The first-order valence-corrected chi connectivity index (χ1v) is 4.48. The number of aliphatic hydroxyl groups excluding tert-OH is 1. The van der Waals surface area contributed by atoms with Gasteiger partial charge in [-0.2, -0.15) is 0 Å². The van der Waals surface area contributed by atoms with Crippen LogP contribution in [-0.2, 0) is 9.47 Å². The van der Waals surface area contributed by atoms with Crippen LogP contribution in [0.4, 0.5) is 4.79 Å². The summed E-state index contributed by atoms with van der Waals surface area (Å²) in [5, 5.41) is 11.9. The Bertz CT molecular complexity index is 204. The number of aliphatic hydroxyl groups is 1. The Kier molecular flexibility index (Phi) is 2.37. The van der Waals surface area contributed by atoms with E-state index in [1.54, 1.807) is 0 Å². The van der Waals surface area contributed by atoms with Crippen molar-refractivity contribution in [1.82, 2.24) is 5.32 Å². The van der Waals surface area contributed by atoms with Crippen LogP contribution < -0.4 is 5.32 Å². The molecule has 2 N–H and O–H groups in total. The molecule has 0 bridgehead atoms. The number of hydrogen-bond donors (Lipinski definition) is 2. The van der Waals surface area contributed by atoms with Crippen LogP contribution in [0.1, 0.15) is 12.8 Å². The molecule has 0 radical (unpaired) electrons. The lowest BCUT2D eigenvalue weighted by Gasteiger charge is -2.13. The third kappa shape index (κ3) is 2.32. The number of amides is 1. The number of rotatable bonds is 2. The molecule has 1 amide bonds. The molecule has 1 aliphatic carbocycles. The standard InChI is InChI=1S/C8H13NO4/c10-6-3-12-4-7(6)13-8(11)9-5-1-2-5/h5-7,10H,1-4H2,(H,9,11)/t6-,7-/m0/s1. The third-order valence-electron chi connectivity index (χ3n) is 2.16. The Hall–Kier alpha value is -0.810. The van der Waals surface area contributed by atoms with Crippen LogP contribution in [0.25, 0.3) is 0 Å². The first kappa shape index (κ1) is 8.77. The highest BCUT2D eigenvalue weighted by atomic mass is 16.6. The van der Waals surface area contributed by atoms with Gasteiger partial charge in [-0.05, 0) is 12.8 Å². The maximum atomic E-state index is 11.1. The third-order valence-corrected chi connectivity index (χ3v) is 2.16. The molecule has 2 aliphatic rings. The van der Waals surface area contributed by atoms with Gasteiger partial charge in [0.1, 0.15) is 6.10 Å². The van der Waals surface area contributed by atoms with Crippen molar-refractivity contribution < 1.29 is 19.4 Å². The fourth-order valence-corrected chi connectivity index (χ4v) is 1.20. The van der Waals surface area contributed by atoms with E-state index in [1.165, 1.54) is 0 Å². The van der Waals surface area contributed by atoms with Gasteiger partial charge in [0.05, 0.1) is 13.2 Å². The summed E-state index contributed by atoms with van der Waals surface area (Å²) in [4.78, 5) is 11.1. The summed E-state index contributed by atoms with van der Waals surface area (Å²) >= 11 is 0. The zero-order chi connectivity index (χ0) is 9.26. The highest BCUT2D eigenvalue weighted by molar-refractivity contribution is 5.68. The van der Waals surface area contributed by atoms with Crippen molar-refractivity contribution in [2.45, 2.75) is 31.1 Å². The zero-order valence-corrected chi connectivity index (χ0v) is 7.23. The van der Waals surface area contributed by atoms with E-state index in [0.29, 0.717) is 6.61 Å². The van der Waals surface area contributed by atoms with Crippen LogP contribution in [0.15, 0.2) is 0 Å². The minimum atomic E-state index is -0.676. The fourth-order valence-electron chi connectivity index (χ4n) is 1.20. The maximum Gasteiger partial charge on any atom is 0.407 e. The Morgan fingerprint density at radius 2 is 2.23 bits per heavy atom. The van der Waals surface area contributed by atoms with Gasteiger partial charge >= 0.3 is 6.09 Å². The largest absolute Gasteiger partial charge is 0.441 e. The van der Waals surface area contributed by atoms with E-state index in [1.807, 2.05) is 0 Å². The topological polar surface area (TPSA) is 67.8 Å². The quantitative estimate of drug-likeness (QED) is 0.619. The van der Waals surface area contributed by atoms with Gasteiger partial charge in [0, 0.05) is 6.04 Å². The fraction of sp³-hybridized carbons (Fsp3) is 0.875. The Morgan fingerprint density at radius 1 is 1.46 bits per heavy atom. The Morgan fingerprint density at radius 3 is 2.77 bits per heavy atom. The summed E-state index contributed by atoms with van der Waals surface area (Å²) in [6.07, 6.45) is 0.429. The van der Waals surface area contributed by atoms with Gasteiger partial charge < -0.3 is 19.9 Å². The lowest BCUT2D eigenvalue weighted by molar-refractivity contribution is 0.0324. The predicted octanol–water partition coefficient (Wildman–Crippen LogP) is -0.365. The molecule has 0 aromatic heterocycles. The van der Waals surface area contributed by atoms with E-state index in [2.05, 4.69) is 5.32 Å². The lowest BCUT2D eigenvalue weighted by atomic mass is 10.3. The van der Waals surface area contributed by atoms with Crippen LogP contribution >= 0.6 is 0 Å². The summed E-state index contributed by atoms with van der Waals surface area (Å²) < 4.78 is 9.89. The monoisotopic (exact) mass is 187 g/mol. The normalized spacial score (nSPS) is 33.0. The predicted molar refractivity (Wildman–Crippen MR) is 43.3 cm³/mol. The van der Waals surface area contributed by atoms with E-state index in [0.717, 1.165) is 12.8 Å².